The summed E-state index contributed by atoms with van der Waals surface area (Å²) >= 11 is 10.2. The van der Waals surface area contributed by atoms with E-state index in [4.69, 9.17) is 11.6 Å². The van der Waals surface area contributed by atoms with Crippen LogP contribution in [-0.4, -0.2) is 16.6 Å². The van der Waals surface area contributed by atoms with Gasteiger partial charge >= 0.3 is 0 Å². The highest BCUT2D eigenvalue weighted by Gasteiger charge is 1.88. The molecule has 0 unspecified atom stereocenters. The van der Waals surface area contributed by atoms with Gasteiger partial charge in [-0.1, -0.05) is 23.8 Å². The van der Waals surface area contributed by atoms with Crippen molar-refractivity contribution in [3.05, 3.63) is 23.5 Å². The van der Waals surface area contributed by atoms with E-state index < -0.39 is 0 Å². The minimum atomic E-state index is 0.434. The third-order valence-corrected chi connectivity index (χ3v) is 1.32. The highest BCUT2D eigenvalue weighted by atomic mass is 35.5. The summed E-state index contributed by atoms with van der Waals surface area (Å²) in [5, 5.41) is 1.87. The van der Waals surface area contributed by atoms with Gasteiger partial charge in [-0.3, -0.25) is 4.99 Å². The zero-order chi connectivity index (χ0) is 8.10. The Morgan fingerprint density at radius 1 is 1.64 bits per heavy atom. The van der Waals surface area contributed by atoms with Crippen LogP contribution in [0.2, 0.25) is 5.15 Å². The molecule has 0 aliphatic carbocycles. The van der Waals surface area contributed by atoms with Crippen LogP contribution in [0.4, 0.5) is 5.69 Å². The maximum atomic E-state index is 5.60. The van der Waals surface area contributed by atoms with Crippen LogP contribution in [0.15, 0.2) is 23.3 Å². The van der Waals surface area contributed by atoms with Gasteiger partial charge in [-0.25, -0.2) is 4.98 Å². The van der Waals surface area contributed by atoms with Crippen LogP contribution < -0.4 is 0 Å². The molecule has 11 heavy (non-hydrogen) atoms. The lowest BCUT2D eigenvalue weighted by atomic mass is 10.4. The Morgan fingerprint density at radius 2 is 2.45 bits per heavy atom. The highest BCUT2D eigenvalue weighted by molar-refractivity contribution is 7.80. The van der Waals surface area contributed by atoms with E-state index in [0.29, 0.717) is 5.15 Å². The van der Waals surface area contributed by atoms with Crippen molar-refractivity contribution >= 4 is 41.1 Å². The van der Waals surface area contributed by atoms with Crippen molar-refractivity contribution in [2.45, 2.75) is 0 Å². The average molecular weight is 185 g/mol. The lowest BCUT2D eigenvalue weighted by Gasteiger charge is -1.90. The Morgan fingerprint density at radius 3 is 3.09 bits per heavy atom. The molecule has 1 aromatic rings. The second-order valence-corrected chi connectivity index (χ2v) is 2.41. The molecular weight excluding hydrogens is 180 g/mol. The van der Waals surface area contributed by atoms with E-state index in [2.05, 4.69) is 22.2 Å². The van der Waals surface area contributed by atoms with Gasteiger partial charge in [0.1, 0.15) is 5.15 Å². The number of thiocarbonyl (C=S) groups is 1. The SMILES string of the molecule is S=CC=Nc1ccnc(Cl)c1. The molecule has 1 rings (SSSR count). The van der Waals surface area contributed by atoms with Crippen LogP contribution in [0.3, 0.4) is 0 Å². The normalized spacial score (nSPS) is 10.3. The van der Waals surface area contributed by atoms with Crippen molar-refractivity contribution in [1.29, 1.82) is 0 Å². The summed E-state index contributed by atoms with van der Waals surface area (Å²) in [6.07, 6.45) is 3.12. The summed E-state index contributed by atoms with van der Waals surface area (Å²) in [6, 6.07) is 3.41. The molecule has 4 heteroatoms. The van der Waals surface area contributed by atoms with Crippen molar-refractivity contribution in [2.24, 2.45) is 4.99 Å². The average Bonchev–Trinajstić information content (AvgIpc) is 2.01. The zero-order valence-electron chi connectivity index (χ0n) is 5.57. The largest absolute Gasteiger partial charge is 0.256 e. The molecular formula is C7H5ClN2S. The van der Waals surface area contributed by atoms with Crippen molar-refractivity contribution in [3.8, 4) is 0 Å². The van der Waals surface area contributed by atoms with Crippen molar-refractivity contribution in [1.82, 2.24) is 4.98 Å². The molecule has 0 N–H and O–H groups in total. The maximum Gasteiger partial charge on any atom is 0.131 e. The van der Waals surface area contributed by atoms with Gasteiger partial charge in [0, 0.05) is 23.8 Å². The van der Waals surface area contributed by atoms with Gasteiger partial charge < -0.3 is 0 Å². The number of nitrogens with zero attached hydrogens (tertiary/aromatic N) is 2. The molecule has 0 bridgehead atoms. The molecule has 0 aliphatic heterocycles. The number of aliphatic imine (C=N–C) groups is 1. The molecule has 2 nitrogen and oxygen atoms in total. The van der Waals surface area contributed by atoms with E-state index in [1.54, 1.807) is 18.3 Å². The van der Waals surface area contributed by atoms with Crippen LogP contribution in [0.1, 0.15) is 0 Å². The van der Waals surface area contributed by atoms with E-state index in [1.165, 1.54) is 11.6 Å². The molecule has 0 aromatic carbocycles. The number of pyridine rings is 1. The monoisotopic (exact) mass is 184 g/mol. The third-order valence-electron chi connectivity index (χ3n) is 0.995. The van der Waals surface area contributed by atoms with E-state index in [9.17, 15) is 0 Å². The van der Waals surface area contributed by atoms with Gasteiger partial charge in [0.15, 0.2) is 0 Å². The topological polar surface area (TPSA) is 25.2 Å². The zero-order valence-corrected chi connectivity index (χ0v) is 7.14. The van der Waals surface area contributed by atoms with Gasteiger partial charge in [-0.2, -0.15) is 0 Å². The van der Waals surface area contributed by atoms with Gasteiger partial charge in [0.2, 0.25) is 0 Å². The second-order valence-electron chi connectivity index (χ2n) is 1.75. The smallest absolute Gasteiger partial charge is 0.131 e. The molecule has 0 saturated heterocycles. The Balaban J connectivity index is 2.87. The Labute approximate surface area is 74.9 Å². The van der Waals surface area contributed by atoms with Gasteiger partial charge in [-0.05, 0) is 6.07 Å². The van der Waals surface area contributed by atoms with E-state index in [0.717, 1.165) is 5.69 Å². The summed E-state index contributed by atoms with van der Waals surface area (Å²) in [6.45, 7) is 0. The van der Waals surface area contributed by atoms with Crippen molar-refractivity contribution in [2.75, 3.05) is 0 Å². The van der Waals surface area contributed by atoms with Crippen LogP contribution >= 0.6 is 23.8 Å². The first-order chi connectivity index (χ1) is 5.33. The van der Waals surface area contributed by atoms with Crippen molar-refractivity contribution < 1.29 is 0 Å². The molecule has 0 amide bonds. The lowest BCUT2D eigenvalue weighted by molar-refractivity contribution is 1.32. The van der Waals surface area contributed by atoms with Crippen LogP contribution in [0.5, 0.6) is 0 Å². The minimum absolute atomic E-state index is 0.434. The predicted molar refractivity (Wildman–Crippen MR) is 51.1 cm³/mol. The van der Waals surface area contributed by atoms with E-state index in [-0.39, 0.29) is 0 Å². The number of halogens is 1. The predicted octanol–water partition coefficient (Wildman–Crippen LogP) is 2.44. The number of hydrogen-bond acceptors (Lipinski definition) is 3. The standard InChI is InChI=1S/C7H5ClN2S/c8-7-5-6(1-2-10-7)9-3-4-11/h1-5H. The fourth-order valence-electron chi connectivity index (χ4n) is 0.589. The number of hydrogen-bond donors (Lipinski definition) is 0. The third kappa shape index (κ3) is 2.74. The molecule has 0 aliphatic rings. The molecule has 0 radical (unpaired) electrons. The molecule has 0 spiro atoms. The summed E-state index contributed by atoms with van der Waals surface area (Å²) in [5.74, 6) is 0. The van der Waals surface area contributed by atoms with E-state index in [1.807, 2.05) is 0 Å². The molecule has 1 heterocycles. The Kier molecular flexibility index (Phi) is 3.14. The van der Waals surface area contributed by atoms with Crippen molar-refractivity contribution in [3.63, 3.8) is 0 Å². The summed E-state index contributed by atoms with van der Waals surface area (Å²) in [4.78, 5) is 7.78. The molecule has 0 atom stereocenters. The summed E-state index contributed by atoms with van der Waals surface area (Å²) < 4.78 is 0. The quantitative estimate of drug-likeness (QED) is 0.401. The molecule has 56 valence electrons. The maximum absolute atomic E-state index is 5.60. The van der Waals surface area contributed by atoms with E-state index >= 15 is 0 Å². The van der Waals surface area contributed by atoms with Crippen LogP contribution in [0.25, 0.3) is 0 Å². The molecule has 0 fully saturated rings. The summed E-state index contributed by atoms with van der Waals surface area (Å²) in [5.41, 5.74) is 0.756. The number of aromatic nitrogens is 1. The molecule has 1 aromatic heterocycles. The Bertz CT molecular complexity index is 286. The van der Waals surface area contributed by atoms with Gasteiger partial charge in [0.05, 0.1) is 5.69 Å². The first kappa shape index (κ1) is 8.30. The van der Waals surface area contributed by atoms with Crippen LogP contribution in [-0.2, 0) is 0 Å². The first-order valence-corrected chi connectivity index (χ1v) is 3.77. The minimum Gasteiger partial charge on any atom is -0.256 e. The Hall–Kier alpha value is -0.800. The molecule has 0 saturated carbocycles. The van der Waals surface area contributed by atoms with Crippen LogP contribution in [0, 0.1) is 0 Å². The lowest BCUT2D eigenvalue weighted by Crippen LogP contribution is -1.73. The first-order valence-electron chi connectivity index (χ1n) is 2.92. The second kappa shape index (κ2) is 4.16. The summed E-state index contributed by atoms with van der Waals surface area (Å²) in [7, 11) is 0. The van der Waals surface area contributed by atoms with Gasteiger partial charge in [0.25, 0.3) is 0 Å². The van der Waals surface area contributed by atoms with Gasteiger partial charge in [-0.15, -0.1) is 0 Å². The fraction of sp³-hybridized carbons (Fsp3) is 0. The fourth-order valence-corrected chi connectivity index (χ4v) is 0.818. The highest BCUT2D eigenvalue weighted by Crippen LogP contribution is 2.13. The number of rotatable bonds is 2.